The summed E-state index contributed by atoms with van der Waals surface area (Å²) in [5.74, 6) is -0.616. The molecule has 4 nitrogen and oxygen atoms in total. The molecule has 0 aromatic heterocycles. The number of Topliss-reactive ketones (excluding diaryl/α,β-unsaturated/α-hetero) is 1. The maximum absolute atomic E-state index is 10.2. The zero-order valence-corrected chi connectivity index (χ0v) is 4.94. The van der Waals surface area contributed by atoms with E-state index in [1.165, 1.54) is 0 Å². The van der Waals surface area contributed by atoms with Crippen LogP contribution in [0.5, 0.6) is 0 Å². The quantitative estimate of drug-likeness (QED) is 0.458. The van der Waals surface area contributed by atoms with Crippen LogP contribution in [0.1, 0.15) is 6.92 Å². The summed E-state index contributed by atoms with van der Waals surface area (Å²) in [6.45, 7) is 1.09. The molecule has 0 saturated heterocycles. The molecule has 9 heavy (non-hydrogen) atoms. The SMILES string of the molecule is CC(=O)C(O)C(O)C=O. The lowest BCUT2D eigenvalue weighted by atomic mass is 10.1. The van der Waals surface area contributed by atoms with Gasteiger partial charge in [0.15, 0.2) is 12.1 Å². The smallest absolute Gasteiger partial charge is 0.161 e. The molecule has 0 aromatic carbocycles. The van der Waals surface area contributed by atoms with Crippen molar-refractivity contribution in [1.82, 2.24) is 0 Å². The number of rotatable bonds is 3. The Hall–Kier alpha value is -0.740. The molecule has 0 bridgehead atoms. The molecule has 0 radical (unpaired) electrons. The number of hydrogen-bond acceptors (Lipinski definition) is 4. The molecule has 0 spiro atoms. The molecule has 2 N–H and O–H groups in total. The normalized spacial score (nSPS) is 16.3. The molecule has 52 valence electrons. The van der Waals surface area contributed by atoms with Gasteiger partial charge >= 0.3 is 0 Å². The summed E-state index contributed by atoms with van der Waals surface area (Å²) >= 11 is 0. The fourth-order valence-electron chi connectivity index (χ4n) is 0.315. The monoisotopic (exact) mass is 132 g/mol. The Bertz CT molecular complexity index is 120. The lowest BCUT2D eigenvalue weighted by molar-refractivity contribution is -0.136. The molecule has 0 heterocycles. The van der Waals surface area contributed by atoms with Gasteiger partial charge in [-0.25, -0.2) is 0 Å². The van der Waals surface area contributed by atoms with Gasteiger partial charge in [-0.15, -0.1) is 0 Å². The van der Waals surface area contributed by atoms with Crippen molar-refractivity contribution in [2.75, 3.05) is 0 Å². The van der Waals surface area contributed by atoms with Gasteiger partial charge in [0.2, 0.25) is 0 Å². The van der Waals surface area contributed by atoms with E-state index in [1.54, 1.807) is 0 Å². The summed E-state index contributed by atoms with van der Waals surface area (Å²) < 4.78 is 0. The summed E-state index contributed by atoms with van der Waals surface area (Å²) in [6.07, 6.45) is -3.03. The molecule has 0 fully saturated rings. The Balaban J connectivity index is 3.86. The first-order chi connectivity index (χ1) is 4.09. The lowest BCUT2D eigenvalue weighted by Crippen LogP contribution is -2.33. The topological polar surface area (TPSA) is 74.6 Å². The minimum atomic E-state index is -1.58. The third kappa shape index (κ3) is 2.34. The van der Waals surface area contributed by atoms with Crippen LogP contribution in [0, 0.1) is 0 Å². The molecule has 2 atom stereocenters. The Labute approximate surface area is 52.1 Å². The van der Waals surface area contributed by atoms with Crippen LogP contribution in [-0.2, 0) is 9.59 Å². The molecular formula is C5H8O4. The van der Waals surface area contributed by atoms with E-state index in [9.17, 15) is 9.59 Å². The maximum Gasteiger partial charge on any atom is 0.161 e. The highest BCUT2D eigenvalue weighted by Gasteiger charge is 2.18. The van der Waals surface area contributed by atoms with Crippen molar-refractivity contribution in [2.24, 2.45) is 0 Å². The van der Waals surface area contributed by atoms with Gasteiger partial charge in [-0.3, -0.25) is 4.79 Å². The molecule has 0 aliphatic carbocycles. The fourth-order valence-corrected chi connectivity index (χ4v) is 0.315. The molecule has 0 aliphatic heterocycles. The van der Waals surface area contributed by atoms with Crippen molar-refractivity contribution >= 4 is 12.1 Å². The molecular weight excluding hydrogens is 124 g/mol. The van der Waals surface area contributed by atoms with Crippen molar-refractivity contribution in [1.29, 1.82) is 0 Å². The molecule has 0 saturated carbocycles. The zero-order valence-electron chi connectivity index (χ0n) is 4.94. The first-order valence-electron chi connectivity index (χ1n) is 2.41. The van der Waals surface area contributed by atoms with Crippen LogP contribution in [0.3, 0.4) is 0 Å². The fraction of sp³-hybridized carbons (Fsp3) is 0.600. The largest absolute Gasteiger partial charge is 0.382 e. The number of carbonyl (C=O) groups excluding carboxylic acids is 2. The minimum Gasteiger partial charge on any atom is -0.382 e. The third-order valence-corrected chi connectivity index (χ3v) is 0.879. The number of hydrogen-bond donors (Lipinski definition) is 2. The summed E-state index contributed by atoms with van der Waals surface area (Å²) in [7, 11) is 0. The number of carbonyl (C=O) groups is 2. The first-order valence-corrected chi connectivity index (χ1v) is 2.41. The van der Waals surface area contributed by atoms with E-state index < -0.39 is 18.0 Å². The van der Waals surface area contributed by atoms with Crippen LogP contribution in [0.15, 0.2) is 0 Å². The number of aldehydes is 1. The summed E-state index contributed by atoms with van der Waals surface area (Å²) in [5.41, 5.74) is 0. The second kappa shape index (κ2) is 3.32. The van der Waals surface area contributed by atoms with Gasteiger partial charge in [-0.05, 0) is 6.92 Å². The van der Waals surface area contributed by atoms with Crippen molar-refractivity contribution in [3.8, 4) is 0 Å². The van der Waals surface area contributed by atoms with E-state index in [-0.39, 0.29) is 6.29 Å². The van der Waals surface area contributed by atoms with Gasteiger partial charge in [-0.2, -0.15) is 0 Å². The molecule has 0 aliphatic rings. The Morgan fingerprint density at radius 2 is 2.00 bits per heavy atom. The van der Waals surface area contributed by atoms with E-state index in [0.717, 1.165) is 6.92 Å². The van der Waals surface area contributed by atoms with Crippen molar-refractivity contribution in [3.63, 3.8) is 0 Å². The molecule has 0 rings (SSSR count). The van der Waals surface area contributed by atoms with E-state index in [0.29, 0.717) is 0 Å². The maximum atomic E-state index is 10.2. The molecule has 0 aromatic rings. The van der Waals surface area contributed by atoms with Gasteiger partial charge in [0.25, 0.3) is 0 Å². The van der Waals surface area contributed by atoms with Crippen molar-refractivity contribution in [2.45, 2.75) is 19.1 Å². The summed E-state index contributed by atoms with van der Waals surface area (Å²) in [6, 6.07) is 0. The summed E-state index contributed by atoms with van der Waals surface area (Å²) in [5, 5.41) is 17.0. The number of aliphatic hydroxyl groups is 2. The van der Waals surface area contributed by atoms with Gasteiger partial charge in [0.05, 0.1) is 0 Å². The van der Waals surface area contributed by atoms with Crippen LogP contribution in [0.25, 0.3) is 0 Å². The van der Waals surface area contributed by atoms with E-state index >= 15 is 0 Å². The van der Waals surface area contributed by atoms with Crippen LogP contribution >= 0.6 is 0 Å². The first kappa shape index (κ1) is 8.26. The standard InChI is InChI=1S/C5H8O4/c1-3(7)5(9)4(8)2-6/h2,4-5,8-9H,1H3. The second-order valence-electron chi connectivity index (χ2n) is 1.68. The van der Waals surface area contributed by atoms with E-state index in [4.69, 9.17) is 10.2 Å². The Morgan fingerprint density at radius 3 is 2.11 bits per heavy atom. The summed E-state index contributed by atoms with van der Waals surface area (Å²) in [4.78, 5) is 19.9. The van der Waals surface area contributed by atoms with Crippen LogP contribution in [0.4, 0.5) is 0 Å². The highest BCUT2D eigenvalue weighted by atomic mass is 16.3. The third-order valence-electron chi connectivity index (χ3n) is 0.879. The number of aliphatic hydroxyl groups excluding tert-OH is 2. The lowest BCUT2D eigenvalue weighted by Gasteiger charge is -2.06. The average molecular weight is 132 g/mol. The highest BCUT2D eigenvalue weighted by Crippen LogP contribution is 1.89. The predicted molar refractivity (Wildman–Crippen MR) is 28.8 cm³/mol. The second-order valence-corrected chi connectivity index (χ2v) is 1.68. The van der Waals surface area contributed by atoms with Crippen LogP contribution in [-0.4, -0.2) is 34.5 Å². The predicted octanol–water partition coefficient (Wildman–Crippen LogP) is -1.50. The molecule has 2 unspecified atom stereocenters. The van der Waals surface area contributed by atoms with E-state index in [2.05, 4.69) is 0 Å². The van der Waals surface area contributed by atoms with Gasteiger partial charge in [0, 0.05) is 0 Å². The molecule has 0 amide bonds. The van der Waals surface area contributed by atoms with Gasteiger partial charge in [0.1, 0.15) is 12.2 Å². The van der Waals surface area contributed by atoms with Gasteiger partial charge < -0.3 is 15.0 Å². The highest BCUT2D eigenvalue weighted by molar-refractivity contribution is 5.84. The Kier molecular flexibility index (Phi) is 3.05. The van der Waals surface area contributed by atoms with Crippen molar-refractivity contribution < 1.29 is 19.8 Å². The van der Waals surface area contributed by atoms with Crippen LogP contribution in [0.2, 0.25) is 0 Å². The Morgan fingerprint density at radius 1 is 1.56 bits per heavy atom. The molecule has 4 heteroatoms. The van der Waals surface area contributed by atoms with Crippen molar-refractivity contribution in [3.05, 3.63) is 0 Å². The zero-order chi connectivity index (χ0) is 7.44. The van der Waals surface area contributed by atoms with E-state index in [1.807, 2.05) is 0 Å². The minimum absolute atomic E-state index is 0.117. The van der Waals surface area contributed by atoms with Crippen LogP contribution < -0.4 is 0 Å². The van der Waals surface area contributed by atoms with Gasteiger partial charge in [-0.1, -0.05) is 0 Å². The average Bonchev–Trinajstić information content (AvgIpc) is 1.84. The number of ketones is 1.